The van der Waals surface area contributed by atoms with Gasteiger partial charge < -0.3 is 15.3 Å². The molecule has 0 aromatic heterocycles. The molecule has 0 aromatic rings. The largest absolute Gasteiger partial charge is 0.481 e. The third kappa shape index (κ3) is 2.16. The van der Waals surface area contributed by atoms with Gasteiger partial charge in [0, 0.05) is 13.1 Å². The normalized spacial score (nSPS) is 37.4. The van der Waals surface area contributed by atoms with Crippen molar-refractivity contribution in [2.24, 2.45) is 11.8 Å². The van der Waals surface area contributed by atoms with Crippen LogP contribution in [0.2, 0.25) is 0 Å². The van der Waals surface area contributed by atoms with Gasteiger partial charge in [-0.05, 0) is 32.2 Å². The van der Waals surface area contributed by atoms with Gasteiger partial charge in [-0.2, -0.15) is 0 Å². The molecule has 17 heavy (non-hydrogen) atoms. The van der Waals surface area contributed by atoms with E-state index < -0.39 is 17.4 Å². The van der Waals surface area contributed by atoms with Gasteiger partial charge in [0.25, 0.3) is 0 Å². The standard InChI is InChI=1S/C12H20N2O3/c1-8-6-14(7-9(8)10(15)16)11(17)12(2)4-3-5-13-12/h8-9,13H,3-7H2,1-2H3,(H,15,16)/t8-,9-,12?/m1/s1. The lowest BCUT2D eigenvalue weighted by Gasteiger charge is -2.29. The van der Waals surface area contributed by atoms with Crippen LogP contribution in [0.15, 0.2) is 0 Å². The van der Waals surface area contributed by atoms with Crippen LogP contribution in [0, 0.1) is 11.8 Å². The van der Waals surface area contributed by atoms with E-state index in [1.54, 1.807) is 4.90 Å². The molecule has 0 aliphatic carbocycles. The molecule has 0 radical (unpaired) electrons. The molecule has 96 valence electrons. The van der Waals surface area contributed by atoms with Crippen LogP contribution in [0.25, 0.3) is 0 Å². The summed E-state index contributed by atoms with van der Waals surface area (Å²) in [6.07, 6.45) is 1.85. The zero-order chi connectivity index (χ0) is 12.6. The zero-order valence-electron chi connectivity index (χ0n) is 10.4. The van der Waals surface area contributed by atoms with Crippen molar-refractivity contribution < 1.29 is 14.7 Å². The first-order valence-corrected chi connectivity index (χ1v) is 6.21. The van der Waals surface area contributed by atoms with Crippen molar-refractivity contribution in [3.05, 3.63) is 0 Å². The minimum absolute atomic E-state index is 0.0430. The lowest BCUT2D eigenvalue weighted by Crippen LogP contribution is -2.52. The van der Waals surface area contributed by atoms with Crippen molar-refractivity contribution in [1.82, 2.24) is 10.2 Å². The maximum Gasteiger partial charge on any atom is 0.308 e. The average Bonchev–Trinajstić information content (AvgIpc) is 2.84. The Hall–Kier alpha value is -1.10. The van der Waals surface area contributed by atoms with E-state index in [1.807, 2.05) is 13.8 Å². The van der Waals surface area contributed by atoms with Crippen LogP contribution in [-0.4, -0.2) is 47.1 Å². The molecule has 2 fully saturated rings. The quantitative estimate of drug-likeness (QED) is 0.728. The van der Waals surface area contributed by atoms with Gasteiger partial charge in [0.2, 0.25) is 5.91 Å². The maximum absolute atomic E-state index is 12.4. The summed E-state index contributed by atoms with van der Waals surface area (Å²) in [6, 6.07) is 0. The van der Waals surface area contributed by atoms with Gasteiger partial charge >= 0.3 is 5.97 Å². The fourth-order valence-corrected chi connectivity index (χ4v) is 2.88. The van der Waals surface area contributed by atoms with Crippen LogP contribution < -0.4 is 5.32 Å². The van der Waals surface area contributed by atoms with E-state index in [1.165, 1.54) is 0 Å². The minimum atomic E-state index is -0.794. The van der Waals surface area contributed by atoms with Crippen LogP contribution in [0.3, 0.4) is 0 Å². The topological polar surface area (TPSA) is 69.6 Å². The number of nitrogens with zero attached hydrogens (tertiary/aromatic N) is 1. The Morgan fingerprint density at radius 3 is 2.59 bits per heavy atom. The SMILES string of the molecule is C[C@@H]1CN(C(=O)C2(C)CCCN2)C[C@H]1C(=O)O. The first-order chi connectivity index (χ1) is 7.94. The summed E-state index contributed by atoms with van der Waals surface area (Å²) in [5.74, 6) is -1.10. The predicted octanol–water partition coefficient (Wildman–Crippen LogP) is 0.308. The summed E-state index contributed by atoms with van der Waals surface area (Å²) in [4.78, 5) is 25.1. The Bertz CT molecular complexity index is 337. The second kappa shape index (κ2) is 4.29. The second-order valence-electron chi connectivity index (χ2n) is 5.49. The number of nitrogens with one attached hydrogen (secondary N) is 1. The third-order valence-electron chi connectivity index (χ3n) is 4.06. The monoisotopic (exact) mass is 240 g/mol. The molecule has 1 unspecified atom stereocenters. The highest BCUT2D eigenvalue weighted by molar-refractivity contribution is 5.87. The average molecular weight is 240 g/mol. The summed E-state index contributed by atoms with van der Waals surface area (Å²) < 4.78 is 0. The number of hydrogen-bond acceptors (Lipinski definition) is 3. The molecule has 5 heteroatoms. The van der Waals surface area contributed by atoms with E-state index in [4.69, 9.17) is 5.11 Å². The number of carboxylic acids is 1. The molecule has 2 aliphatic heterocycles. The van der Waals surface area contributed by atoms with E-state index in [0.717, 1.165) is 19.4 Å². The Kier molecular flexibility index (Phi) is 3.12. The number of carbonyl (C=O) groups excluding carboxylic acids is 1. The lowest BCUT2D eigenvalue weighted by atomic mass is 9.98. The first-order valence-electron chi connectivity index (χ1n) is 6.21. The van der Waals surface area contributed by atoms with Gasteiger partial charge in [0.05, 0.1) is 11.5 Å². The predicted molar refractivity (Wildman–Crippen MR) is 62.5 cm³/mol. The molecule has 2 rings (SSSR count). The molecule has 0 aromatic carbocycles. The summed E-state index contributed by atoms with van der Waals surface area (Å²) >= 11 is 0. The van der Waals surface area contributed by atoms with Crippen LogP contribution in [0.5, 0.6) is 0 Å². The Labute approximate surface area is 101 Å². The second-order valence-corrected chi connectivity index (χ2v) is 5.49. The van der Waals surface area contributed by atoms with Crippen molar-refractivity contribution >= 4 is 11.9 Å². The molecule has 2 heterocycles. The van der Waals surface area contributed by atoms with E-state index in [9.17, 15) is 9.59 Å². The molecular weight excluding hydrogens is 220 g/mol. The van der Waals surface area contributed by atoms with Crippen molar-refractivity contribution in [3.8, 4) is 0 Å². The first kappa shape index (κ1) is 12.4. The Morgan fingerprint density at radius 2 is 2.12 bits per heavy atom. The number of likely N-dealkylation sites (tertiary alicyclic amines) is 1. The van der Waals surface area contributed by atoms with E-state index in [0.29, 0.717) is 13.1 Å². The molecule has 2 aliphatic rings. The lowest BCUT2D eigenvalue weighted by molar-refractivity contribution is -0.142. The van der Waals surface area contributed by atoms with Crippen molar-refractivity contribution in [2.75, 3.05) is 19.6 Å². The zero-order valence-corrected chi connectivity index (χ0v) is 10.4. The maximum atomic E-state index is 12.4. The molecule has 0 spiro atoms. The Balaban J connectivity index is 2.05. The molecule has 0 saturated carbocycles. The van der Waals surface area contributed by atoms with Crippen LogP contribution >= 0.6 is 0 Å². The van der Waals surface area contributed by atoms with E-state index in [-0.39, 0.29) is 11.8 Å². The summed E-state index contributed by atoms with van der Waals surface area (Å²) in [6.45, 7) is 5.60. The Morgan fingerprint density at radius 1 is 1.41 bits per heavy atom. The molecule has 1 amide bonds. The molecule has 2 saturated heterocycles. The summed E-state index contributed by atoms with van der Waals surface area (Å²) in [5, 5.41) is 12.3. The van der Waals surface area contributed by atoms with Crippen molar-refractivity contribution in [2.45, 2.75) is 32.2 Å². The van der Waals surface area contributed by atoms with Gasteiger partial charge in [-0.3, -0.25) is 9.59 Å². The van der Waals surface area contributed by atoms with Gasteiger partial charge in [0.15, 0.2) is 0 Å². The molecular formula is C12H20N2O3. The number of amides is 1. The molecule has 3 atom stereocenters. The fraction of sp³-hybridized carbons (Fsp3) is 0.833. The number of hydrogen-bond donors (Lipinski definition) is 2. The highest BCUT2D eigenvalue weighted by Gasteiger charge is 2.44. The van der Waals surface area contributed by atoms with Gasteiger partial charge in [0.1, 0.15) is 0 Å². The van der Waals surface area contributed by atoms with Crippen LogP contribution in [-0.2, 0) is 9.59 Å². The van der Waals surface area contributed by atoms with Crippen LogP contribution in [0.4, 0.5) is 0 Å². The van der Waals surface area contributed by atoms with Gasteiger partial charge in [-0.15, -0.1) is 0 Å². The van der Waals surface area contributed by atoms with Crippen molar-refractivity contribution in [3.63, 3.8) is 0 Å². The van der Waals surface area contributed by atoms with Crippen LogP contribution in [0.1, 0.15) is 26.7 Å². The minimum Gasteiger partial charge on any atom is -0.481 e. The number of carbonyl (C=O) groups is 2. The highest BCUT2D eigenvalue weighted by atomic mass is 16.4. The van der Waals surface area contributed by atoms with E-state index >= 15 is 0 Å². The number of carboxylic acid groups (broad SMARTS) is 1. The van der Waals surface area contributed by atoms with E-state index in [2.05, 4.69) is 5.32 Å². The van der Waals surface area contributed by atoms with Crippen molar-refractivity contribution in [1.29, 1.82) is 0 Å². The smallest absolute Gasteiger partial charge is 0.308 e. The number of rotatable bonds is 2. The molecule has 0 bridgehead atoms. The summed E-state index contributed by atoms with van der Waals surface area (Å²) in [7, 11) is 0. The number of aliphatic carboxylic acids is 1. The third-order valence-corrected chi connectivity index (χ3v) is 4.06. The fourth-order valence-electron chi connectivity index (χ4n) is 2.88. The molecule has 5 nitrogen and oxygen atoms in total. The van der Waals surface area contributed by atoms with Gasteiger partial charge in [-0.25, -0.2) is 0 Å². The molecule has 2 N–H and O–H groups in total. The van der Waals surface area contributed by atoms with Gasteiger partial charge in [-0.1, -0.05) is 6.92 Å². The highest BCUT2D eigenvalue weighted by Crippen LogP contribution is 2.28. The summed E-state index contributed by atoms with van der Waals surface area (Å²) in [5.41, 5.74) is -0.479.